The van der Waals surface area contributed by atoms with E-state index < -0.39 is 0 Å². The van der Waals surface area contributed by atoms with Crippen LogP contribution in [0.2, 0.25) is 0 Å². The third-order valence-electron chi connectivity index (χ3n) is 6.37. The standard InChI is InChI=1S/C29H33N3O3/c1-20-11-12-21(2)25(15-20)26-17-27(24-14-13-23(34-4)16-28(24)35-5)32(30-26)29(33)19-31(3)18-22-9-7-6-8-10-22/h6-16,27H,17-19H2,1-5H3/t27-/m1/s1. The first-order valence-corrected chi connectivity index (χ1v) is 11.8. The van der Waals surface area contributed by atoms with Crippen LogP contribution in [-0.4, -0.2) is 49.3 Å². The van der Waals surface area contributed by atoms with Crippen LogP contribution in [0.25, 0.3) is 0 Å². The summed E-state index contributed by atoms with van der Waals surface area (Å²) < 4.78 is 11.1. The van der Waals surface area contributed by atoms with Crippen LogP contribution in [0.15, 0.2) is 71.8 Å². The number of amides is 1. The summed E-state index contributed by atoms with van der Waals surface area (Å²) in [5.41, 5.74) is 6.38. The van der Waals surface area contributed by atoms with E-state index in [0.717, 1.165) is 28.0 Å². The number of methoxy groups -OCH3 is 2. The number of nitrogens with zero attached hydrogens (tertiary/aromatic N) is 3. The van der Waals surface area contributed by atoms with E-state index in [4.69, 9.17) is 14.6 Å². The van der Waals surface area contributed by atoms with Gasteiger partial charge in [0.05, 0.1) is 32.5 Å². The summed E-state index contributed by atoms with van der Waals surface area (Å²) >= 11 is 0. The van der Waals surface area contributed by atoms with Crippen molar-refractivity contribution in [3.63, 3.8) is 0 Å². The van der Waals surface area contributed by atoms with Gasteiger partial charge in [0.2, 0.25) is 0 Å². The maximum absolute atomic E-state index is 13.6. The molecule has 1 atom stereocenters. The summed E-state index contributed by atoms with van der Waals surface area (Å²) in [6.07, 6.45) is 0.612. The van der Waals surface area contributed by atoms with Gasteiger partial charge in [-0.1, -0.05) is 48.0 Å². The molecule has 182 valence electrons. The fourth-order valence-corrected chi connectivity index (χ4v) is 4.54. The number of hydrogen-bond acceptors (Lipinski definition) is 5. The van der Waals surface area contributed by atoms with Crippen molar-refractivity contribution >= 4 is 11.6 Å². The molecule has 0 N–H and O–H groups in total. The number of ether oxygens (including phenoxy) is 2. The monoisotopic (exact) mass is 471 g/mol. The normalized spacial score (nSPS) is 15.3. The van der Waals surface area contributed by atoms with E-state index in [-0.39, 0.29) is 18.5 Å². The number of aryl methyl sites for hydroxylation is 2. The zero-order valence-electron chi connectivity index (χ0n) is 21.1. The van der Waals surface area contributed by atoms with E-state index in [1.54, 1.807) is 19.2 Å². The molecule has 0 aromatic heterocycles. The van der Waals surface area contributed by atoms with Crippen LogP contribution in [-0.2, 0) is 11.3 Å². The summed E-state index contributed by atoms with van der Waals surface area (Å²) in [5.74, 6) is 1.34. The van der Waals surface area contributed by atoms with Gasteiger partial charge in [-0.05, 0) is 50.2 Å². The second-order valence-electron chi connectivity index (χ2n) is 9.09. The van der Waals surface area contributed by atoms with Crippen LogP contribution in [0.3, 0.4) is 0 Å². The number of carbonyl (C=O) groups is 1. The lowest BCUT2D eigenvalue weighted by Crippen LogP contribution is -2.36. The highest BCUT2D eigenvalue weighted by Crippen LogP contribution is 2.39. The van der Waals surface area contributed by atoms with Crippen LogP contribution in [0.4, 0.5) is 0 Å². The third kappa shape index (κ3) is 5.54. The number of rotatable bonds is 8. The van der Waals surface area contributed by atoms with Crippen molar-refractivity contribution in [2.75, 3.05) is 27.8 Å². The maximum atomic E-state index is 13.6. The average Bonchev–Trinajstić information content (AvgIpc) is 3.30. The van der Waals surface area contributed by atoms with Gasteiger partial charge < -0.3 is 9.47 Å². The fraction of sp³-hybridized carbons (Fsp3) is 0.310. The lowest BCUT2D eigenvalue weighted by molar-refractivity contribution is -0.134. The highest BCUT2D eigenvalue weighted by molar-refractivity contribution is 6.04. The number of hydrazone groups is 1. The first kappa shape index (κ1) is 24.5. The maximum Gasteiger partial charge on any atom is 0.257 e. The van der Waals surface area contributed by atoms with Gasteiger partial charge in [0.15, 0.2) is 0 Å². The number of carbonyl (C=O) groups excluding carboxylic acids is 1. The zero-order valence-corrected chi connectivity index (χ0v) is 21.1. The van der Waals surface area contributed by atoms with E-state index in [9.17, 15) is 4.79 Å². The van der Waals surface area contributed by atoms with Gasteiger partial charge >= 0.3 is 0 Å². The van der Waals surface area contributed by atoms with Gasteiger partial charge in [0, 0.05) is 30.2 Å². The Kier molecular flexibility index (Phi) is 7.51. The van der Waals surface area contributed by atoms with Crippen LogP contribution < -0.4 is 9.47 Å². The minimum Gasteiger partial charge on any atom is -0.497 e. The number of benzene rings is 3. The first-order valence-electron chi connectivity index (χ1n) is 11.8. The molecular weight excluding hydrogens is 438 g/mol. The molecule has 3 aromatic rings. The largest absolute Gasteiger partial charge is 0.497 e. The SMILES string of the molecule is COc1ccc([C@H]2CC(c3cc(C)ccc3C)=NN2C(=O)CN(C)Cc2ccccc2)c(OC)c1. The van der Waals surface area contributed by atoms with Gasteiger partial charge in [-0.15, -0.1) is 0 Å². The molecule has 6 nitrogen and oxygen atoms in total. The van der Waals surface area contributed by atoms with Crippen LogP contribution in [0.1, 0.15) is 40.3 Å². The third-order valence-corrected chi connectivity index (χ3v) is 6.37. The molecular formula is C29H33N3O3. The molecule has 1 amide bonds. The Bertz CT molecular complexity index is 1220. The molecule has 1 heterocycles. The quantitative estimate of drug-likeness (QED) is 0.457. The van der Waals surface area contributed by atoms with Gasteiger partial charge in [-0.3, -0.25) is 9.69 Å². The minimum atomic E-state index is -0.261. The first-order chi connectivity index (χ1) is 16.9. The second-order valence-corrected chi connectivity index (χ2v) is 9.09. The van der Waals surface area contributed by atoms with Crippen molar-refractivity contribution in [2.45, 2.75) is 32.9 Å². The molecule has 3 aromatic carbocycles. The van der Waals surface area contributed by atoms with E-state index in [1.165, 1.54) is 5.56 Å². The lowest BCUT2D eigenvalue weighted by atomic mass is 9.94. The van der Waals surface area contributed by atoms with E-state index in [1.807, 2.05) is 48.3 Å². The Morgan fingerprint density at radius 1 is 1.03 bits per heavy atom. The van der Waals surface area contributed by atoms with Crippen molar-refractivity contribution in [3.8, 4) is 11.5 Å². The smallest absolute Gasteiger partial charge is 0.257 e. The molecule has 0 saturated heterocycles. The summed E-state index contributed by atoms with van der Waals surface area (Å²) in [6, 6.07) is 22.0. The molecule has 0 aliphatic carbocycles. The molecule has 6 heteroatoms. The molecule has 0 radical (unpaired) electrons. The molecule has 1 aliphatic heterocycles. The molecule has 4 rings (SSSR count). The van der Waals surface area contributed by atoms with E-state index in [2.05, 4.69) is 44.2 Å². The van der Waals surface area contributed by atoms with E-state index in [0.29, 0.717) is 24.5 Å². The van der Waals surface area contributed by atoms with Crippen LogP contribution in [0, 0.1) is 13.8 Å². The summed E-state index contributed by atoms with van der Waals surface area (Å²) in [7, 11) is 5.23. The molecule has 0 spiro atoms. The molecule has 35 heavy (non-hydrogen) atoms. The molecule has 0 bridgehead atoms. The van der Waals surface area contributed by atoms with Gasteiger partial charge in [-0.2, -0.15) is 5.10 Å². The predicted octanol–water partition coefficient (Wildman–Crippen LogP) is 5.13. The molecule has 0 unspecified atom stereocenters. The Hall–Kier alpha value is -3.64. The second kappa shape index (κ2) is 10.7. The van der Waals surface area contributed by atoms with Crippen molar-refractivity contribution in [2.24, 2.45) is 5.10 Å². The Morgan fingerprint density at radius 3 is 2.51 bits per heavy atom. The Balaban J connectivity index is 1.66. The Morgan fingerprint density at radius 2 is 1.80 bits per heavy atom. The molecule has 0 saturated carbocycles. The van der Waals surface area contributed by atoms with Crippen LogP contribution in [0.5, 0.6) is 11.5 Å². The number of likely N-dealkylation sites (N-methyl/N-ethyl adjacent to an activating group) is 1. The molecule has 1 aliphatic rings. The van der Waals surface area contributed by atoms with Crippen LogP contribution >= 0.6 is 0 Å². The van der Waals surface area contributed by atoms with E-state index >= 15 is 0 Å². The molecule has 0 fully saturated rings. The average molecular weight is 472 g/mol. The topological polar surface area (TPSA) is 54.4 Å². The van der Waals surface area contributed by atoms with Crippen molar-refractivity contribution < 1.29 is 14.3 Å². The minimum absolute atomic E-state index is 0.0494. The summed E-state index contributed by atoms with van der Waals surface area (Å²) in [5, 5.41) is 6.52. The van der Waals surface area contributed by atoms with Gasteiger partial charge in [0.1, 0.15) is 11.5 Å². The highest BCUT2D eigenvalue weighted by Gasteiger charge is 2.35. The highest BCUT2D eigenvalue weighted by atomic mass is 16.5. The lowest BCUT2D eigenvalue weighted by Gasteiger charge is -2.26. The van der Waals surface area contributed by atoms with Gasteiger partial charge in [0.25, 0.3) is 5.91 Å². The number of hydrogen-bond donors (Lipinski definition) is 0. The summed E-state index contributed by atoms with van der Waals surface area (Å²) in [6.45, 7) is 5.10. The van der Waals surface area contributed by atoms with Crippen molar-refractivity contribution in [3.05, 3.63) is 94.5 Å². The summed E-state index contributed by atoms with van der Waals surface area (Å²) in [4.78, 5) is 15.6. The zero-order chi connectivity index (χ0) is 24.9. The van der Waals surface area contributed by atoms with Gasteiger partial charge in [-0.25, -0.2) is 5.01 Å². The predicted molar refractivity (Wildman–Crippen MR) is 139 cm³/mol. The van der Waals surface area contributed by atoms with Crippen molar-refractivity contribution in [1.29, 1.82) is 0 Å². The Labute approximate surface area is 207 Å². The van der Waals surface area contributed by atoms with Crippen molar-refractivity contribution in [1.82, 2.24) is 9.91 Å². The fourth-order valence-electron chi connectivity index (χ4n) is 4.54.